The number of hydrogen-bond donors (Lipinski definition) is 3. The predicted octanol–water partition coefficient (Wildman–Crippen LogP) is 2.11. The summed E-state index contributed by atoms with van der Waals surface area (Å²) in [6.07, 6.45) is 5.63. The molecule has 0 spiro atoms. The summed E-state index contributed by atoms with van der Waals surface area (Å²) in [7, 11) is 0. The standard InChI is InChI=1S/C20H24N4O5/c1-2-24-10-14(17(23-24)19(26)21-9-13-4-3-7-29-13)22-18(25)15-11-5-6-12(8-11)16(15)20(27)28/h3-4,7,10-12,15-16H,2,5-6,8-9H2,1H3,(H,21,26)(H,22,25)(H,27,28)/t11-,12-,15+,16-/m0/s1. The number of aliphatic carboxylic acids is 1. The number of aromatic nitrogens is 2. The normalized spacial score (nSPS) is 25.1. The second kappa shape index (κ2) is 7.73. The molecule has 2 heterocycles. The number of carboxylic acid groups (broad SMARTS) is 1. The molecule has 29 heavy (non-hydrogen) atoms. The van der Waals surface area contributed by atoms with Crippen LogP contribution >= 0.6 is 0 Å². The lowest BCUT2D eigenvalue weighted by atomic mass is 9.78. The van der Waals surface area contributed by atoms with Crippen molar-refractivity contribution < 1.29 is 23.9 Å². The van der Waals surface area contributed by atoms with Crippen molar-refractivity contribution in [1.29, 1.82) is 0 Å². The zero-order chi connectivity index (χ0) is 20.5. The first-order valence-electron chi connectivity index (χ1n) is 9.89. The zero-order valence-electron chi connectivity index (χ0n) is 16.1. The largest absolute Gasteiger partial charge is 0.481 e. The van der Waals surface area contributed by atoms with Gasteiger partial charge in [-0.05, 0) is 50.2 Å². The molecule has 2 amide bonds. The highest BCUT2D eigenvalue weighted by Gasteiger charge is 2.54. The Morgan fingerprint density at radius 1 is 1.28 bits per heavy atom. The van der Waals surface area contributed by atoms with E-state index in [4.69, 9.17) is 4.42 Å². The number of anilines is 1. The first-order chi connectivity index (χ1) is 14.0. The molecular formula is C20H24N4O5. The molecular weight excluding hydrogens is 376 g/mol. The Hall–Kier alpha value is -3.10. The van der Waals surface area contributed by atoms with Crippen LogP contribution in [0.25, 0.3) is 0 Å². The number of rotatable bonds is 7. The molecule has 0 saturated heterocycles. The second-order valence-corrected chi connectivity index (χ2v) is 7.72. The minimum absolute atomic E-state index is 0.0580. The van der Waals surface area contributed by atoms with Crippen LogP contribution < -0.4 is 10.6 Å². The van der Waals surface area contributed by atoms with Gasteiger partial charge in [0.05, 0.1) is 30.3 Å². The number of hydrogen-bond acceptors (Lipinski definition) is 5. The second-order valence-electron chi connectivity index (χ2n) is 7.72. The van der Waals surface area contributed by atoms with E-state index in [0.717, 1.165) is 19.3 Å². The lowest BCUT2D eigenvalue weighted by Crippen LogP contribution is -2.38. The van der Waals surface area contributed by atoms with E-state index in [2.05, 4.69) is 15.7 Å². The van der Waals surface area contributed by atoms with Gasteiger partial charge in [0.25, 0.3) is 5.91 Å². The monoisotopic (exact) mass is 400 g/mol. The Bertz CT molecular complexity index is 919. The summed E-state index contributed by atoms with van der Waals surface area (Å²) in [4.78, 5) is 37.3. The van der Waals surface area contributed by atoms with Crippen molar-refractivity contribution in [3.8, 4) is 0 Å². The van der Waals surface area contributed by atoms with Crippen LogP contribution in [0, 0.1) is 23.7 Å². The minimum Gasteiger partial charge on any atom is -0.481 e. The topological polar surface area (TPSA) is 126 Å². The van der Waals surface area contributed by atoms with E-state index in [1.807, 2.05) is 6.92 Å². The fraction of sp³-hybridized carbons (Fsp3) is 0.500. The van der Waals surface area contributed by atoms with E-state index in [1.54, 1.807) is 23.0 Å². The Morgan fingerprint density at radius 3 is 2.69 bits per heavy atom. The maximum atomic E-state index is 13.0. The summed E-state index contributed by atoms with van der Waals surface area (Å²) in [6.45, 7) is 2.60. The average molecular weight is 400 g/mol. The first kappa shape index (κ1) is 19.2. The van der Waals surface area contributed by atoms with E-state index >= 15 is 0 Å². The number of fused-ring (bicyclic) bond motifs is 2. The lowest BCUT2D eigenvalue weighted by Gasteiger charge is -2.26. The van der Waals surface area contributed by atoms with E-state index in [1.165, 1.54) is 6.26 Å². The third kappa shape index (κ3) is 3.64. The van der Waals surface area contributed by atoms with Gasteiger partial charge in [0, 0.05) is 12.7 Å². The van der Waals surface area contributed by atoms with Crippen molar-refractivity contribution in [1.82, 2.24) is 15.1 Å². The molecule has 9 nitrogen and oxygen atoms in total. The Kier molecular flexibility index (Phi) is 5.12. The van der Waals surface area contributed by atoms with E-state index in [-0.39, 0.29) is 30.0 Å². The number of aryl methyl sites for hydroxylation is 1. The molecule has 0 unspecified atom stereocenters. The molecule has 154 valence electrons. The first-order valence-corrected chi connectivity index (χ1v) is 9.89. The third-order valence-electron chi connectivity index (χ3n) is 6.07. The van der Waals surface area contributed by atoms with Gasteiger partial charge in [0.15, 0.2) is 5.69 Å². The van der Waals surface area contributed by atoms with Gasteiger partial charge in [-0.15, -0.1) is 0 Å². The Labute approximate surface area is 167 Å². The van der Waals surface area contributed by atoms with Crippen LogP contribution in [0.4, 0.5) is 5.69 Å². The van der Waals surface area contributed by atoms with Gasteiger partial charge in [0.1, 0.15) is 5.76 Å². The van der Waals surface area contributed by atoms with E-state index < -0.39 is 23.7 Å². The molecule has 9 heteroatoms. The molecule has 2 aliphatic rings. The number of nitrogens with one attached hydrogen (secondary N) is 2. The molecule has 2 aromatic rings. The Balaban J connectivity index is 1.50. The van der Waals surface area contributed by atoms with Crippen LogP contribution in [-0.4, -0.2) is 32.7 Å². The molecule has 2 bridgehead atoms. The quantitative estimate of drug-likeness (QED) is 0.653. The maximum Gasteiger partial charge on any atom is 0.307 e. The average Bonchev–Trinajstić information content (AvgIpc) is 3.49. The van der Waals surface area contributed by atoms with Crippen LogP contribution in [0.1, 0.15) is 42.4 Å². The van der Waals surface area contributed by atoms with Crippen molar-refractivity contribution in [3.63, 3.8) is 0 Å². The van der Waals surface area contributed by atoms with Crippen LogP contribution in [0.3, 0.4) is 0 Å². The SMILES string of the molecule is CCn1cc(NC(=O)[C@@H]2[C@H]3CC[C@@H](C3)[C@@H]2C(=O)O)c(C(=O)NCc2ccco2)n1. The van der Waals surface area contributed by atoms with Gasteiger partial charge < -0.3 is 20.2 Å². The van der Waals surface area contributed by atoms with Crippen molar-refractivity contribution in [2.45, 2.75) is 39.3 Å². The fourth-order valence-corrected chi connectivity index (χ4v) is 4.75. The molecule has 4 rings (SSSR count). The lowest BCUT2D eigenvalue weighted by molar-refractivity contribution is -0.148. The molecule has 3 N–H and O–H groups in total. The van der Waals surface area contributed by atoms with Crippen molar-refractivity contribution in [3.05, 3.63) is 36.0 Å². The van der Waals surface area contributed by atoms with Gasteiger partial charge in [-0.3, -0.25) is 19.1 Å². The summed E-state index contributed by atoms with van der Waals surface area (Å²) in [6, 6.07) is 3.47. The number of carbonyl (C=O) groups is 3. The van der Waals surface area contributed by atoms with Crippen LogP contribution in [0.5, 0.6) is 0 Å². The van der Waals surface area contributed by atoms with Gasteiger partial charge in [-0.25, -0.2) is 0 Å². The van der Waals surface area contributed by atoms with Crippen molar-refractivity contribution in [2.24, 2.45) is 23.7 Å². The molecule has 2 aromatic heterocycles. The third-order valence-corrected chi connectivity index (χ3v) is 6.07. The predicted molar refractivity (Wildman–Crippen MR) is 102 cm³/mol. The fourth-order valence-electron chi connectivity index (χ4n) is 4.75. The number of nitrogens with zero attached hydrogens (tertiary/aromatic N) is 2. The summed E-state index contributed by atoms with van der Waals surface area (Å²) >= 11 is 0. The highest BCUT2D eigenvalue weighted by atomic mass is 16.4. The maximum absolute atomic E-state index is 13.0. The molecule has 4 atom stereocenters. The van der Waals surface area contributed by atoms with Crippen molar-refractivity contribution in [2.75, 3.05) is 5.32 Å². The van der Waals surface area contributed by atoms with Gasteiger partial charge in [-0.2, -0.15) is 5.10 Å². The summed E-state index contributed by atoms with van der Waals surface area (Å²) < 4.78 is 6.77. The van der Waals surface area contributed by atoms with Gasteiger partial charge in [0.2, 0.25) is 5.91 Å². The van der Waals surface area contributed by atoms with Gasteiger partial charge >= 0.3 is 5.97 Å². The highest BCUT2D eigenvalue weighted by molar-refractivity contribution is 6.03. The summed E-state index contributed by atoms with van der Waals surface area (Å²) in [5.74, 6) is -2.20. The van der Waals surface area contributed by atoms with Crippen molar-refractivity contribution >= 4 is 23.5 Å². The summed E-state index contributed by atoms with van der Waals surface area (Å²) in [5.41, 5.74) is 0.391. The number of carboxylic acids is 1. The molecule has 0 aliphatic heterocycles. The van der Waals surface area contributed by atoms with E-state index in [9.17, 15) is 19.5 Å². The molecule has 2 saturated carbocycles. The zero-order valence-corrected chi connectivity index (χ0v) is 16.1. The highest BCUT2D eigenvalue weighted by Crippen LogP contribution is 2.52. The molecule has 2 aliphatic carbocycles. The van der Waals surface area contributed by atoms with Crippen LogP contribution in [-0.2, 0) is 22.7 Å². The number of furan rings is 1. The van der Waals surface area contributed by atoms with Crippen LogP contribution in [0.15, 0.2) is 29.0 Å². The minimum atomic E-state index is -0.919. The molecule has 0 radical (unpaired) electrons. The smallest absolute Gasteiger partial charge is 0.307 e. The molecule has 0 aromatic carbocycles. The summed E-state index contributed by atoms with van der Waals surface area (Å²) in [5, 5.41) is 19.4. The Morgan fingerprint density at radius 2 is 2.03 bits per heavy atom. The van der Waals surface area contributed by atoms with Crippen LogP contribution in [0.2, 0.25) is 0 Å². The molecule has 2 fully saturated rings. The number of carbonyl (C=O) groups excluding carboxylic acids is 2. The number of amides is 2. The van der Waals surface area contributed by atoms with Gasteiger partial charge in [-0.1, -0.05) is 0 Å². The van der Waals surface area contributed by atoms with E-state index in [0.29, 0.717) is 18.0 Å².